The minimum atomic E-state index is -0.302. The van der Waals surface area contributed by atoms with Crippen LogP contribution in [-0.4, -0.2) is 29.9 Å². The third-order valence-electron chi connectivity index (χ3n) is 7.42. The summed E-state index contributed by atoms with van der Waals surface area (Å²) in [6.45, 7) is 4.96. The van der Waals surface area contributed by atoms with E-state index >= 15 is 0 Å². The first kappa shape index (κ1) is 19.0. The molecule has 1 amide bonds. The minimum Gasteiger partial charge on any atom is -0.366 e. The Balaban J connectivity index is 1.58. The summed E-state index contributed by atoms with van der Waals surface area (Å²) in [5.41, 5.74) is 9.01. The molecule has 0 spiro atoms. The second-order valence-corrected chi connectivity index (χ2v) is 9.43. The molecule has 1 aliphatic heterocycles. The van der Waals surface area contributed by atoms with E-state index in [-0.39, 0.29) is 5.91 Å². The molecule has 2 fully saturated rings. The van der Waals surface area contributed by atoms with E-state index in [9.17, 15) is 4.79 Å². The molecular weight excluding hydrogens is 332 g/mol. The molecule has 1 aromatic carbocycles. The standard InChI is InChI=1S/C24H36N2O/c1-17(18-9-10-18)16-26-13-5-8-20-14-22(24(25)27)12-11-21(20)15-23(26)19-6-3-2-4-7-19/h11-12,14,17-19,23H,2-10,13,15-16H2,1H3,(H2,25,27)/t17-,23?/m1/s1. The van der Waals surface area contributed by atoms with Gasteiger partial charge in [0.15, 0.2) is 0 Å². The number of fused-ring (bicyclic) bond motifs is 1. The number of nitrogens with two attached hydrogens (primary N) is 1. The van der Waals surface area contributed by atoms with E-state index < -0.39 is 0 Å². The van der Waals surface area contributed by atoms with Crippen molar-refractivity contribution >= 4 is 5.91 Å². The Bertz CT molecular complexity index is 660. The second kappa shape index (κ2) is 8.34. The Labute approximate surface area is 164 Å². The lowest BCUT2D eigenvalue weighted by Gasteiger charge is -2.42. The zero-order chi connectivity index (χ0) is 18.8. The average Bonchev–Trinajstić information content (AvgIpc) is 3.50. The Morgan fingerprint density at radius 2 is 1.89 bits per heavy atom. The quantitative estimate of drug-likeness (QED) is 0.827. The van der Waals surface area contributed by atoms with Gasteiger partial charge in [-0.2, -0.15) is 0 Å². The number of rotatable bonds is 5. The maximum Gasteiger partial charge on any atom is 0.248 e. The normalized spacial score (nSPS) is 26.0. The van der Waals surface area contributed by atoms with Crippen LogP contribution in [0.5, 0.6) is 0 Å². The zero-order valence-electron chi connectivity index (χ0n) is 17.0. The maximum absolute atomic E-state index is 11.6. The first-order valence-electron chi connectivity index (χ1n) is 11.3. The number of amides is 1. The SMILES string of the molecule is C[C@H](CN1CCCc2cc(C(N)=O)ccc2CC1C1CCCCC1)C1CC1. The van der Waals surface area contributed by atoms with E-state index in [0.717, 1.165) is 30.6 Å². The van der Waals surface area contributed by atoms with Gasteiger partial charge in [0.1, 0.15) is 0 Å². The van der Waals surface area contributed by atoms with Crippen molar-refractivity contribution in [3.63, 3.8) is 0 Å². The highest BCUT2D eigenvalue weighted by Gasteiger charge is 2.34. The van der Waals surface area contributed by atoms with E-state index in [1.807, 2.05) is 6.07 Å². The number of aryl methyl sites for hydroxylation is 1. The molecule has 2 saturated carbocycles. The highest BCUT2D eigenvalue weighted by atomic mass is 16.1. The molecule has 0 bridgehead atoms. The van der Waals surface area contributed by atoms with Gasteiger partial charge >= 0.3 is 0 Å². The van der Waals surface area contributed by atoms with Gasteiger partial charge in [0, 0.05) is 18.2 Å². The molecule has 148 valence electrons. The van der Waals surface area contributed by atoms with Crippen molar-refractivity contribution in [1.82, 2.24) is 4.90 Å². The van der Waals surface area contributed by atoms with E-state index in [4.69, 9.17) is 5.73 Å². The third kappa shape index (κ3) is 4.56. The molecule has 0 radical (unpaired) electrons. The largest absolute Gasteiger partial charge is 0.366 e. The Morgan fingerprint density at radius 1 is 1.11 bits per heavy atom. The number of primary amides is 1. The summed E-state index contributed by atoms with van der Waals surface area (Å²) in [6, 6.07) is 6.87. The predicted molar refractivity (Wildman–Crippen MR) is 111 cm³/mol. The summed E-state index contributed by atoms with van der Waals surface area (Å²) in [5, 5.41) is 0. The predicted octanol–water partition coefficient (Wildman–Crippen LogP) is 4.57. The topological polar surface area (TPSA) is 46.3 Å². The summed E-state index contributed by atoms with van der Waals surface area (Å²) in [7, 11) is 0. The molecule has 1 aromatic rings. The molecule has 27 heavy (non-hydrogen) atoms. The van der Waals surface area contributed by atoms with Crippen LogP contribution in [0.3, 0.4) is 0 Å². The summed E-state index contributed by atoms with van der Waals surface area (Å²) >= 11 is 0. The van der Waals surface area contributed by atoms with Crippen LogP contribution < -0.4 is 5.73 Å². The van der Waals surface area contributed by atoms with Gasteiger partial charge in [-0.15, -0.1) is 0 Å². The molecule has 2 aliphatic carbocycles. The molecule has 2 N–H and O–H groups in total. The van der Waals surface area contributed by atoms with Crippen molar-refractivity contribution in [3.8, 4) is 0 Å². The monoisotopic (exact) mass is 368 g/mol. The van der Waals surface area contributed by atoms with Crippen LogP contribution in [0.4, 0.5) is 0 Å². The van der Waals surface area contributed by atoms with Gasteiger partial charge in [-0.25, -0.2) is 0 Å². The average molecular weight is 369 g/mol. The number of nitrogens with zero attached hydrogens (tertiary/aromatic N) is 1. The molecule has 3 aliphatic rings. The van der Waals surface area contributed by atoms with Gasteiger partial charge in [-0.1, -0.05) is 32.3 Å². The zero-order valence-corrected chi connectivity index (χ0v) is 17.0. The van der Waals surface area contributed by atoms with Crippen LogP contribution >= 0.6 is 0 Å². The molecule has 1 heterocycles. The van der Waals surface area contributed by atoms with Crippen molar-refractivity contribution in [3.05, 3.63) is 34.9 Å². The van der Waals surface area contributed by atoms with E-state index in [0.29, 0.717) is 11.6 Å². The Hall–Kier alpha value is -1.35. The van der Waals surface area contributed by atoms with Crippen molar-refractivity contribution in [2.75, 3.05) is 13.1 Å². The van der Waals surface area contributed by atoms with Gasteiger partial charge in [0.25, 0.3) is 0 Å². The smallest absolute Gasteiger partial charge is 0.248 e. The summed E-state index contributed by atoms with van der Waals surface area (Å²) in [5.74, 6) is 2.36. The van der Waals surface area contributed by atoms with Crippen molar-refractivity contribution in [1.29, 1.82) is 0 Å². The molecule has 0 saturated heterocycles. The molecule has 4 rings (SSSR count). The van der Waals surface area contributed by atoms with Crippen LogP contribution in [0.2, 0.25) is 0 Å². The highest BCUT2D eigenvalue weighted by Crippen LogP contribution is 2.39. The Kier molecular flexibility index (Phi) is 5.87. The fraction of sp³-hybridized carbons (Fsp3) is 0.708. The van der Waals surface area contributed by atoms with Crippen LogP contribution in [0.25, 0.3) is 0 Å². The van der Waals surface area contributed by atoms with Crippen LogP contribution in [0, 0.1) is 17.8 Å². The second-order valence-electron chi connectivity index (χ2n) is 9.43. The molecule has 2 atom stereocenters. The van der Waals surface area contributed by atoms with Gasteiger partial charge in [0.05, 0.1) is 0 Å². The van der Waals surface area contributed by atoms with Crippen LogP contribution in [0.15, 0.2) is 18.2 Å². The molecule has 3 heteroatoms. The summed E-state index contributed by atoms with van der Waals surface area (Å²) in [4.78, 5) is 14.5. The number of hydrogen-bond donors (Lipinski definition) is 1. The van der Waals surface area contributed by atoms with E-state index in [1.165, 1.54) is 75.6 Å². The molecule has 1 unspecified atom stereocenters. The van der Waals surface area contributed by atoms with Crippen molar-refractivity contribution < 1.29 is 4.79 Å². The first-order valence-corrected chi connectivity index (χ1v) is 11.3. The first-order chi connectivity index (χ1) is 13.1. The summed E-state index contributed by atoms with van der Waals surface area (Å²) < 4.78 is 0. The number of carbonyl (C=O) groups excluding carboxylic acids is 1. The maximum atomic E-state index is 11.6. The number of carbonyl (C=O) groups is 1. The molecular formula is C24H36N2O. The van der Waals surface area contributed by atoms with E-state index in [1.54, 1.807) is 0 Å². The van der Waals surface area contributed by atoms with Crippen molar-refractivity contribution in [2.45, 2.75) is 77.2 Å². The number of hydrogen-bond acceptors (Lipinski definition) is 2. The summed E-state index contributed by atoms with van der Waals surface area (Å²) in [6.07, 6.45) is 13.3. The lowest BCUT2D eigenvalue weighted by atomic mass is 9.78. The van der Waals surface area contributed by atoms with E-state index in [2.05, 4.69) is 24.0 Å². The van der Waals surface area contributed by atoms with Gasteiger partial charge in [0.2, 0.25) is 5.91 Å². The lowest BCUT2D eigenvalue weighted by molar-refractivity contribution is 0.0936. The lowest BCUT2D eigenvalue weighted by Crippen LogP contribution is -2.46. The van der Waals surface area contributed by atoms with Crippen LogP contribution in [-0.2, 0) is 12.8 Å². The molecule has 0 aromatic heterocycles. The van der Waals surface area contributed by atoms with Crippen LogP contribution in [0.1, 0.15) is 79.8 Å². The van der Waals surface area contributed by atoms with Gasteiger partial charge in [-0.05, 0) is 92.5 Å². The highest BCUT2D eigenvalue weighted by molar-refractivity contribution is 5.93. The number of benzene rings is 1. The van der Waals surface area contributed by atoms with Gasteiger partial charge in [-0.3, -0.25) is 9.69 Å². The fourth-order valence-corrected chi connectivity index (χ4v) is 5.60. The minimum absolute atomic E-state index is 0.302. The Morgan fingerprint density at radius 3 is 2.59 bits per heavy atom. The van der Waals surface area contributed by atoms with Gasteiger partial charge < -0.3 is 5.73 Å². The third-order valence-corrected chi connectivity index (χ3v) is 7.42. The molecule has 3 nitrogen and oxygen atoms in total. The fourth-order valence-electron chi connectivity index (χ4n) is 5.60. The van der Waals surface area contributed by atoms with Crippen molar-refractivity contribution in [2.24, 2.45) is 23.5 Å².